The van der Waals surface area contributed by atoms with Crippen LogP contribution in [0.25, 0.3) is 0 Å². The Morgan fingerprint density at radius 3 is 1.64 bits per heavy atom. The van der Waals surface area contributed by atoms with Gasteiger partial charge < -0.3 is 0 Å². The van der Waals surface area contributed by atoms with Crippen LogP contribution in [0.3, 0.4) is 0 Å². The molecule has 0 aliphatic heterocycles. The maximum Gasteiger partial charge on any atom is -0.0233 e. The Balaban J connectivity index is 1.56. The van der Waals surface area contributed by atoms with Crippen molar-refractivity contribution < 1.29 is 0 Å². The van der Waals surface area contributed by atoms with Crippen molar-refractivity contribution in [2.24, 2.45) is 23.7 Å². The van der Waals surface area contributed by atoms with Gasteiger partial charge in [-0.2, -0.15) is 0 Å². The zero-order valence-corrected chi connectivity index (χ0v) is 15.1. The normalized spacial score (nSPS) is 33.7. The van der Waals surface area contributed by atoms with Crippen LogP contribution in [0.4, 0.5) is 0 Å². The summed E-state index contributed by atoms with van der Waals surface area (Å²) in [6.45, 7) is 4.60. The Morgan fingerprint density at radius 2 is 1.14 bits per heavy atom. The summed E-state index contributed by atoms with van der Waals surface area (Å²) in [6, 6.07) is 0. The summed E-state index contributed by atoms with van der Waals surface area (Å²) in [5, 5.41) is 0. The van der Waals surface area contributed by atoms with E-state index in [4.69, 9.17) is 0 Å². The molecule has 0 N–H and O–H groups in total. The van der Waals surface area contributed by atoms with Crippen molar-refractivity contribution in [2.75, 3.05) is 0 Å². The number of rotatable bonds is 7. The van der Waals surface area contributed by atoms with E-state index in [0.717, 1.165) is 23.7 Å². The number of hydrogen-bond acceptors (Lipinski definition) is 0. The van der Waals surface area contributed by atoms with E-state index in [1.54, 1.807) is 0 Å². The second-order valence-corrected chi connectivity index (χ2v) is 7.86. The molecule has 0 heterocycles. The van der Waals surface area contributed by atoms with E-state index in [1.807, 2.05) is 0 Å². The highest BCUT2D eigenvalue weighted by Crippen LogP contribution is 2.34. The van der Waals surface area contributed by atoms with Gasteiger partial charge in [-0.25, -0.2) is 0 Å². The molecular formula is C22H38. The van der Waals surface area contributed by atoms with Gasteiger partial charge in [-0.1, -0.05) is 57.4 Å². The fourth-order valence-electron chi connectivity index (χ4n) is 4.40. The quantitative estimate of drug-likeness (QED) is 0.432. The topological polar surface area (TPSA) is 0 Å². The van der Waals surface area contributed by atoms with Crippen LogP contribution >= 0.6 is 0 Å². The molecule has 0 aromatic carbocycles. The molecule has 0 radical (unpaired) electrons. The molecule has 0 unspecified atom stereocenters. The van der Waals surface area contributed by atoms with E-state index >= 15 is 0 Å². The highest BCUT2D eigenvalue weighted by molar-refractivity contribution is 4.93. The van der Waals surface area contributed by atoms with Crippen molar-refractivity contribution in [1.29, 1.82) is 0 Å². The van der Waals surface area contributed by atoms with Gasteiger partial charge in [0, 0.05) is 0 Å². The average Bonchev–Trinajstić information content (AvgIpc) is 2.58. The van der Waals surface area contributed by atoms with E-state index in [0.29, 0.717) is 0 Å². The molecule has 2 fully saturated rings. The first-order valence-electron chi connectivity index (χ1n) is 10.1. The van der Waals surface area contributed by atoms with Crippen LogP contribution in [0.5, 0.6) is 0 Å². The molecule has 126 valence electrons. The van der Waals surface area contributed by atoms with Crippen LogP contribution in [0.2, 0.25) is 0 Å². The van der Waals surface area contributed by atoms with E-state index in [-0.39, 0.29) is 0 Å². The van der Waals surface area contributed by atoms with Gasteiger partial charge in [-0.15, -0.1) is 0 Å². The summed E-state index contributed by atoms with van der Waals surface area (Å²) < 4.78 is 0. The molecule has 0 saturated heterocycles. The molecular weight excluding hydrogens is 264 g/mol. The smallest absolute Gasteiger partial charge is 0.0233 e. The van der Waals surface area contributed by atoms with Crippen LogP contribution in [0.1, 0.15) is 90.9 Å². The second kappa shape index (κ2) is 10.3. The summed E-state index contributed by atoms with van der Waals surface area (Å²) in [7, 11) is 0. The predicted octanol–water partition coefficient (Wildman–Crippen LogP) is 7.31. The monoisotopic (exact) mass is 302 g/mol. The van der Waals surface area contributed by atoms with Crippen LogP contribution in [-0.2, 0) is 0 Å². The lowest BCUT2D eigenvalue weighted by Crippen LogP contribution is -2.13. The van der Waals surface area contributed by atoms with Crippen molar-refractivity contribution in [3.8, 4) is 0 Å². The van der Waals surface area contributed by atoms with Crippen LogP contribution < -0.4 is 0 Å². The molecule has 0 amide bonds. The van der Waals surface area contributed by atoms with E-state index in [2.05, 4.69) is 38.2 Å². The van der Waals surface area contributed by atoms with E-state index in [1.165, 1.54) is 77.0 Å². The lowest BCUT2D eigenvalue weighted by Gasteiger charge is -2.27. The first-order chi connectivity index (χ1) is 10.8. The highest BCUT2D eigenvalue weighted by Gasteiger charge is 2.19. The molecule has 2 saturated carbocycles. The number of hydrogen-bond donors (Lipinski definition) is 0. The standard InChI is InChI=1S/C22H38/c1-3-5-8-20-15-17-22(18-16-20)10-7-6-9-21-13-11-19(4-2)12-14-21/h5-8,19-22H,3-4,9-18H2,1-2H3/b7-6-,8-5?. The highest BCUT2D eigenvalue weighted by atomic mass is 14.3. The molecule has 2 aliphatic rings. The van der Waals surface area contributed by atoms with Gasteiger partial charge in [0.15, 0.2) is 0 Å². The SMILES string of the molecule is CCC=CC1CCC(C/C=C\CC2CCC(CC)CC2)CC1. The summed E-state index contributed by atoms with van der Waals surface area (Å²) in [5.74, 6) is 3.89. The first kappa shape index (κ1) is 17.8. The zero-order chi connectivity index (χ0) is 15.6. The van der Waals surface area contributed by atoms with Crippen molar-refractivity contribution in [1.82, 2.24) is 0 Å². The molecule has 0 nitrogen and oxygen atoms in total. The fraction of sp³-hybridized carbons (Fsp3) is 0.818. The predicted molar refractivity (Wildman–Crippen MR) is 99.0 cm³/mol. The third kappa shape index (κ3) is 6.31. The third-order valence-corrected chi connectivity index (χ3v) is 6.18. The fourth-order valence-corrected chi connectivity index (χ4v) is 4.40. The van der Waals surface area contributed by atoms with Gasteiger partial charge in [0.1, 0.15) is 0 Å². The third-order valence-electron chi connectivity index (χ3n) is 6.18. The molecule has 0 bridgehead atoms. The molecule has 0 aromatic heterocycles. The molecule has 2 aliphatic carbocycles. The van der Waals surface area contributed by atoms with Crippen LogP contribution in [-0.4, -0.2) is 0 Å². The van der Waals surface area contributed by atoms with Crippen LogP contribution in [0.15, 0.2) is 24.3 Å². The van der Waals surface area contributed by atoms with Crippen LogP contribution in [0, 0.1) is 23.7 Å². The Morgan fingerprint density at radius 1 is 0.636 bits per heavy atom. The summed E-state index contributed by atoms with van der Waals surface area (Å²) in [4.78, 5) is 0. The van der Waals surface area contributed by atoms with Gasteiger partial charge in [0.05, 0.1) is 0 Å². The maximum absolute atomic E-state index is 2.51. The lowest BCUT2D eigenvalue weighted by molar-refractivity contribution is 0.270. The summed E-state index contributed by atoms with van der Waals surface area (Å²) >= 11 is 0. The Hall–Kier alpha value is -0.520. The summed E-state index contributed by atoms with van der Waals surface area (Å²) in [6.07, 6.45) is 26.8. The molecule has 22 heavy (non-hydrogen) atoms. The van der Waals surface area contributed by atoms with Gasteiger partial charge in [-0.05, 0) is 81.5 Å². The largest absolute Gasteiger partial charge is 0.0885 e. The van der Waals surface area contributed by atoms with Gasteiger partial charge in [0.25, 0.3) is 0 Å². The molecule has 0 heteroatoms. The molecule has 2 rings (SSSR count). The van der Waals surface area contributed by atoms with Gasteiger partial charge in [-0.3, -0.25) is 0 Å². The minimum atomic E-state index is 0.883. The zero-order valence-electron chi connectivity index (χ0n) is 15.1. The van der Waals surface area contributed by atoms with Crippen molar-refractivity contribution >= 4 is 0 Å². The maximum atomic E-state index is 2.51. The van der Waals surface area contributed by atoms with Gasteiger partial charge >= 0.3 is 0 Å². The van der Waals surface area contributed by atoms with E-state index in [9.17, 15) is 0 Å². The Labute approximate surface area is 139 Å². The second-order valence-electron chi connectivity index (χ2n) is 7.86. The van der Waals surface area contributed by atoms with Crippen molar-refractivity contribution in [3.63, 3.8) is 0 Å². The molecule has 0 atom stereocenters. The van der Waals surface area contributed by atoms with Crippen molar-refractivity contribution in [2.45, 2.75) is 90.9 Å². The average molecular weight is 303 g/mol. The molecule has 0 aromatic rings. The lowest BCUT2D eigenvalue weighted by atomic mass is 9.79. The summed E-state index contributed by atoms with van der Waals surface area (Å²) in [5.41, 5.74) is 0. The van der Waals surface area contributed by atoms with Gasteiger partial charge in [0.2, 0.25) is 0 Å². The Kier molecular flexibility index (Phi) is 8.34. The molecule has 0 spiro atoms. The first-order valence-corrected chi connectivity index (χ1v) is 10.1. The van der Waals surface area contributed by atoms with Crippen molar-refractivity contribution in [3.05, 3.63) is 24.3 Å². The minimum absolute atomic E-state index is 0.883. The van der Waals surface area contributed by atoms with E-state index < -0.39 is 0 Å². The minimum Gasteiger partial charge on any atom is -0.0885 e. The Bertz CT molecular complexity index is 322. The number of allylic oxidation sites excluding steroid dienone is 4.